The summed E-state index contributed by atoms with van der Waals surface area (Å²) in [6.45, 7) is 0. The van der Waals surface area contributed by atoms with Gasteiger partial charge >= 0.3 is 0 Å². The van der Waals surface area contributed by atoms with Crippen LogP contribution < -0.4 is 15.0 Å². The highest BCUT2D eigenvalue weighted by Gasteiger charge is 2.43. The van der Waals surface area contributed by atoms with Gasteiger partial charge < -0.3 is 19.5 Å². The molecule has 170 valence electrons. The predicted octanol–water partition coefficient (Wildman–Crippen LogP) is 4.97. The normalized spacial score (nSPS) is 17.4. The van der Waals surface area contributed by atoms with E-state index in [2.05, 4.69) is 10.3 Å². The molecule has 4 aromatic rings. The quantitative estimate of drug-likeness (QED) is 0.241. The van der Waals surface area contributed by atoms with E-state index in [1.165, 1.54) is 12.1 Å². The summed E-state index contributed by atoms with van der Waals surface area (Å²) >= 11 is 5.81. The Morgan fingerprint density at radius 2 is 1.79 bits per heavy atom. The number of ether oxygens (including phenoxy) is 1. The van der Waals surface area contributed by atoms with Crippen molar-refractivity contribution < 1.29 is 9.66 Å². The first kappa shape index (κ1) is 21.6. The number of para-hydroxylation sites is 2. The highest BCUT2D eigenvalue weighted by molar-refractivity contribution is 7.80. The van der Waals surface area contributed by atoms with E-state index in [9.17, 15) is 10.1 Å². The minimum atomic E-state index is -0.403. The van der Waals surface area contributed by atoms with Gasteiger partial charge in [-0.15, -0.1) is 0 Å². The Hall–Kier alpha value is -4.24. The largest absolute Gasteiger partial charge is 0.495 e. The molecule has 0 unspecified atom stereocenters. The molecule has 1 saturated heterocycles. The van der Waals surface area contributed by atoms with Crippen molar-refractivity contribution in [1.82, 2.24) is 14.9 Å². The van der Waals surface area contributed by atoms with Crippen molar-refractivity contribution in [2.45, 2.75) is 12.1 Å². The first-order valence-electron chi connectivity index (χ1n) is 10.6. The standard InChI is InChI=1S/C25H21N5O3S/c1-33-22-10-3-2-8-20(22)29-24(23(27-25(29)34)19-7-4-5-15-26-19)21-9-6-16-28(21)17-11-13-18(14-12-17)30(31)32/h2-16,23-24H,1H3,(H,27,34)/t23-,24+/m0/s1. The lowest BCUT2D eigenvalue weighted by Gasteiger charge is -2.29. The van der Waals surface area contributed by atoms with Crippen LogP contribution in [0.2, 0.25) is 0 Å². The van der Waals surface area contributed by atoms with Gasteiger partial charge in [0.05, 0.1) is 29.5 Å². The maximum absolute atomic E-state index is 11.1. The number of anilines is 1. The molecule has 0 spiro atoms. The van der Waals surface area contributed by atoms with Gasteiger partial charge in [0.25, 0.3) is 5.69 Å². The zero-order valence-corrected chi connectivity index (χ0v) is 19.1. The zero-order valence-electron chi connectivity index (χ0n) is 18.2. The van der Waals surface area contributed by atoms with Crippen molar-refractivity contribution in [1.29, 1.82) is 0 Å². The van der Waals surface area contributed by atoms with E-state index in [1.807, 2.05) is 70.3 Å². The number of rotatable bonds is 6. The molecule has 0 amide bonds. The third-order valence-corrected chi connectivity index (χ3v) is 6.18. The molecular weight excluding hydrogens is 450 g/mol. The Balaban J connectivity index is 1.66. The van der Waals surface area contributed by atoms with E-state index in [-0.39, 0.29) is 17.8 Å². The third-order valence-electron chi connectivity index (χ3n) is 5.86. The van der Waals surface area contributed by atoms with Gasteiger partial charge in [0, 0.05) is 35.9 Å². The van der Waals surface area contributed by atoms with Crippen molar-refractivity contribution in [2.24, 2.45) is 0 Å². The summed E-state index contributed by atoms with van der Waals surface area (Å²) in [4.78, 5) is 17.4. The van der Waals surface area contributed by atoms with E-state index in [0.717, 1.165) is 22.8 Å². The smallest absolute Gasteiger partial charge is 0.269 e. The molecule has 1 aliphatic rings. The number of nitrogens with one attached hydrogen (secondary N) is 1. The Kier molecular flexibility index (Phi) is 5.69. The number of pyridine rings is 1. The summed E-state index contributed by atoms with van der Waals surface area (Å²) in [5, 5.41) is 15.1. The number of nitro groups is 1. The summed E-state index contributed by atoms with van der Waals surface area (Å²) in [6, 6.07) is 23.5. The summed E-state index contributed by atoms with van der Waals surface area (Å²) < 4.78 is 7.66. The lowest BCUT2D eigenvalue weighted by atomic mass is 10.0. The van der Waals surface area contributed by atoms with Gasteiger partial charge in [0.2, 0.25) is 0 Å². The summed E-state index contributed by atoms with van der Waals surface area (Å²) in [5.74, 6) is 0.701. The fourth-order valence-electron chi connectivity index (χ4n) is 4.35. The Morgan fingerprint density at radius 3 is 2.50 bits per heavy atom. The van der Waals surface area contributed by atoms with Crippen molar-refractivity contribution >= 4 is 28.7 Å². The summed E-state index contributed by atoms with van der Waals surface area (Å²) in [7, 11) is 1.64. The second kappa shape index (κ2) is 8.95. The molecule has 8 nitrogen and oxygen atoms in total. The van der Waals surface area contributed by atoms with E-state index in [0.29, 0.717) is 10.9 Å². The number of nitrogens with zero attached hydrogens (tertiary/aromatic N) is 4. The van der Waals surface area contributed by atoms with Crippen molar-refractivity contribution in [3.63, 3.8) is 0 Å². The van der Waals surface area contributed by atoms with Crippen molar-refractivity contribution in [2.75, 3.05) is 12.0 Å². The molecule has 0 radical (unpaired) electrons. The first-order chi connectivity index (χ1) is 16.6. The zero-order chi connectivity index (χ0) is 23.7. The minimum Gasteiger partial charge on any atom is -0.495 e. The molecule has 0 bridgehead atoms. The second-order valence-electron chi connectivity index (χ2n) is 7.75. The van der Waals surface area contributed by atoms with Gasteiger partial charge in [-0.05, 0) is 60.7 Å². The monoisotopic (exact) mass is 471 g/mol. The maximum atomic E-state index is 11.1. The summed E-state index contributed by atoms with van der Waals surface area (Å²) in [6.07, 6.45) is 3.70. The average molecular weight is 472 g/mol. The Morgan fingerprint density at radius 1 is 1.03 bits per heavy atom. The number of benzene rings is 2. The van der Waals surface area contributed by atoms with Crippen molar-refractivity contribution in [3.05, 3.63) is 113 Å². The van der Waals surface area contributed by atoms with Crippen LogP contribution in [0.5, 0.6) is 5.75 Å². The number of hydrogen-bond donors (Lipinski definition) is 1. The summed E-state index contributed by atoms with van der Waals surface area (Å²) in [5.41, 5.74) is 3.49. The highest BCUT2D eigenvalue weighted by atomic mass is 32.1. The third kappa shape index (κ3) is 3.75. The molecule has 1 fully saturated rings. The molecule has 2 atom stereocenters. The van der Waals surface area contributed by atoms with Crippen LogP contribution in [0.15, 0.2) is 91.3 Å². The molecule has 0 aliphatic carbocycles. The molecule has 2 aromatic heterocycles. The van der Waals surface area contributed by atoms with Crippen LogP contribution in [0.1, 0.15) is 23.5 Å². The highest BCUT2D eigenvalue weighted by Crippen LogP contribution is 2.44. The van der Waals surface area contributed by atoms with Gasteiger partial charge in [-0.1, -0.05) is 18.2 Å². The molecule has 0 saturated carbocycles. The number of thiocarbonyl (C=S) groups is 1. The molecule has 2 aromatic carbocycles. The molecule has 1 aliphatic heterocycles. The van der Waals surface area contributed by atoms with Crippen LogP contribution in [-0.4, -0.2) is 26.7 Å². The van der Waals surface area contributed by atoms with E-state index >= 15 is 0 Å². The maximum Gasteiger partial charge on any atom is 0.269 e. The number of nitro benzene ring substituents is 1. The molecular formula is C25H21N5O3S. The minimum absolute atomic E-state index is 0.0446. The fraction of sp³-hybridized carbons (Fsp3) is 0.120. The average Bonchev–Trinajstić information content (AvgIpc) is 3.48. The van der Waals surface area contributed by atoms with Crippen LogP contribution >= 0.6 is 12.2 Å². The van der Waals surface area contributed by atoms with Crippen LogP contribution in [0.25, 0.3) is 5.69 Å². The van der Waals surface area contributed by atoms with Crippen LogP contribution in [0, 0.1) is 10.1 Å². The van der Waals surface area contributed by atoms with Crippen molar-refractivity contribution in [3.8, 4) is 11.4 Å². The van der Waals surface area contributed by atoms with Gasteiger partial charge in [0.15, 0.2) is 5.11 Å². The topological polar surface area (TPSA) is 85.5 Å². The first-order valence-corrected chi connectivity index (χ1v) is 11.0. The fourth-order valence-corrected chi connectivity index (χ4v) is 4.69. The number of non-ortho nitro benzene ring substituents is 1. The van der Waals surface area contributed by atoms with Gasteiger partial charge in [0.1, 0.15) is 11.8 Å². The number of hydrogen-bond acceptors (Lipinski definition) is 5. The van der Waals surface area contributed by atoms with E-state index < -0.39 is 4.92 Å². The van der Waals surface area contributed by atoms with Crippen LogP contribution in [0.3, 0.4) is 0 Å². The van der Waals surface area contributed by atoms with Crippen LogP contribution in [0.4, 0.5) is 11.4 Å². The molecule has 1 N–H and O–H groups in total. The SMILES string of the molecule is COc1ccccc1N1C(=S)N[C@@H](c2ccccn2)[C@H]1c1cccn1-c1ccc([N+](=O)[O-])cc1. The number of methoxy groups -OCH3 is 1. The predicted molar refractivity (Wildman–Crippen MR) is 133 cm³/mol. The lowest BCUT2D eigenvalue weighted by Crippen LogP contribution is -2.30. The molecule has 3 heterocycles. The van der Waals surface area contributed by atoms with Gasteiger partial charge in [-0.2, -0.15) is 0 Å². The Bertz CT molecular complexity index is 1340. The van der Waals surface area contributed by atoms with Crippen LogP contribution in [-0.2, 0) is 0 Å². The lowest BCUT2D eigenvalue weighted by molar-refractivity contribution is -0.384. The number of aromatic nitrogens is 2. The Labute approximate surface area is 201 Å². The molecule has 5 rings (SSSR count). The van der Waals surface area contributed by atoms with Gasteiger partial charge in [-0.3, -0.25) is 15.1 Å². The molecule has 9 heteroatoms. The molecule has 34 heavy (non-hydrogen) atoms. The van der Waals surface area contributed by atoms with E-state index in [1.54, 1.807) is 25.4 Å². The van der Waals surface area contributed by atoms with Gasteiger partial charge in [-0.25, -0.2) is 0 Å². The van der Waals surface area contributed by atoms with E-state index in [4.69, 9.17) is 17.0 Å². The second-order valence-corrected chi connectivity index (χ2v) is 8.13.